The first-order valence-electron chi connectivity index (χ1n) is 9.14. The molecule has 0 bridgehead atoms. The van der Waals surface area contributed by atoms with Crippen LogP contribution >= 0.6 is 0 Å². The van der Waals surface area contributed by atoms with Gasteiger partial charge in [0.05, 0.1) is 9.82 Å². The minimum Gasteiger partial charge on any atom is -0.346 e. The number of nitro benzene ring substituents is 1. The number of sulfone groups is 1. The molecule has 2 aromatic heterocycles. The van der Waals surface area contributed by atoms with Crippen LogP contribution in [-0.2, 0) is 9.84 Å². The number of hydrogen-bond acceptors (Lipinski definition) is 6. The van der Waals surface area contributed by atoms with Crippen molar-refractivity contribution in [2.45, 2.75) is 11.3 Å². The van der Waals surface area contributed by atoms with Crippen molar-refractivity contribution in [3.8, 4) is 0 Å². The van der Waals surface area contributed by atoms with Crippen LogP contribution in [0, 0.1) is 10.1 Å². The number of benzene rings is 1. The molecule has 0 aliphatic carbocycles. The van der Waals surface area contributed by atoms with Crippen molar-refractivity contribution in [2.75, 3.05) is 19.3 Å². The number of hydrogen-bond donors (Lipinski definition) is 1. The lowest BCUT2D eigenvalue weighted by atomic mass is 9.99. The number of carbonyl (C=O) groups excluding carboxylic acids is 1. The highest BCUT2D eigenvalue weighted by atomic mass is 32.2. The van der Waals surface area contributed by atoms with Gasteiger partial charge in [-0.3, -0.25) is 14.9 Å². The van der Waals surface area contributed by atoms with Crippen LogP contribution in [0.5, 0.6) is 0 Å². The number of aromatic amines is 1. The Kier molecular flexibility index (Phi) is 4.86. The summed E-state index contributed by atoms with van der Waals surface area (Å²) in [6.45, 7) is 0.729. The number of rotatable bonds is 4. The van der Waals surface area contributed by atoms with Gasteiger partial charge in [0.15, 0.2) is 9.84 Å². The molecule has 0 radical (unpaired) electrons. The summed E-state index contributed by atoms with van der Waals surface area (Å²) < 4.78 is 23.8. The Hall–Kier alpha value is -3.53. The van der Waals surface area contributed by atoms with Gasteiger partial charge in [0.1, 0.15) is 5.65 Å². The van der Waals surface area contributed by atoms with E-state index >= 15 is 0 Å². The highest BCUT2D eigenvalue weighted by Gasteiger charge is 2.24. The van der Waals surface area contributed by atoms with Crippen LogP contribution in [-0.4, -0.2) is 53.5 Å². The summed E-state index contributed by atoms with van der Waals surface area (Å²) in [7, 11) is -3.70. The molecule has 1 amide bonds. The van der Waals surface area contributed by atoms with Gasteiger partial charge in [0.2, 0.25) is 0 Å². The van der Waals surface area contributed by atoms with Gasteiger partial charge in [0, 0.05) is 60.4 Å². The zero-order chi connectivity index (χ0) is 21.5. The Morgan fingerprint density at radius 3 is 2.77 bits per heavy atom. The van der Waals surface area contributed by atoms with Crippen LogP contribution in [0.25, 0.3) is 16.6 Å². The molecule has 0 spiro atoms. The lowest BCUT2D eigenvalue weighted by Crippen LogP contribution is -2.34. The summed E-state index contributed by atoms with van der Waals surface area (Å²) in [5.41, 5.74) is 2.45. The molecule has 30 heavy (non-hydrogen) atoms. The van der Waals surface area contributed by atoms with E-state index in [1.165, 1.54) is 6.07 Å². The summed E-state index contributed by atoms with van der Waals surface area (Å²) in [5, 5.41) is 12.2. The maximum atomic E-state index is 12.9. The minimum atomic E-state index is -3.70. The number of H-pyrrole nitrogens is 1. The van der Waals surface area contributed by atoms with Gasteiger partial charge in [-0.25, -0.2) is 13.4 Å². The Balaban J connectivity index is 1.61. The monoisotopic (exact) mass is 426 g/mol. The standard InChI is InChI=1S/C20H18N4O5S/c1-30(28,29)16-10-14(9-15(11-16)24(26)27)20(25)23-7-4-13(5-8-23)18-12-22-19-17(18)3-2-6-21-19/h2-4,6,9-12H,5,7-8H2,1H3,(H,21,22). The van der Waals surface area contributed by atoms with Gasteiger partial charge < -0.3 is 9.88 Å². The van der Waals surface area contributed by atoms with Crippen molar-refractivity contribution in [1.82, 2.24) is 14.9 Å². The van der Waals surface area contributed by atoms with Crippen molar-refractivity contribution in [1.29, 1.82) is 0 Å². The quantitative estimate of drug-likeness (QED) is 0.505. The Morgan fingerprint density at radius 1 is 1.30 bits per heavy atom. The molecule has 0 saturated carbocycles. The Bertz CT molecular complexity index is 1310. The fraction of sp³-hybridized carbons (Fsp3) is 0.200. The molecule has 3 aromatic rings. The fourth-order valence-corrected chi connectivity index (χ4v) is 4.20. The lowest BCUT2D eigenvalue weighted by molar-refractivity contribution is -0.385. The van der Waals surface area contributed by atoms with E-state index in [2.05, 4.69) is 9.97 Å². The first-order chi connectivity index (χ1) is 14.2. The number of nitrogens with zero attached hydrogens (tertiary/aromatic N) is 3. The van der Waals surface area contributed by atoms with Crippen molar-refractivity contribution < 1.29 is 18.1 Å². The summed E-state index contributed by atoms with van der Waals surface area (Å²) >= 11 is 0. The third-order valence-electron chi connectivity index (χ3n) is 5.07. The number of aromatic nitrogens is 2. The smallest absolute Gasteiger partial charge is 0.271 e. The third kappa shape index (κ3) is 3.69. The molecule has 0 fully saturated rings. The molecule has 1 aliphatic heterocycles. The molecule has 0 atom stereocenters. The zero-order valence-corrected chi connectivity index (χ0v) is 16.8. The van der Waals surface area contributed by atoms with Crippen LogP contribution in [0.15, 0.2) is 53.7 Å². The molecule has 9 nitrogen and oxygen atoms in total. The first kappa shape index (κ1) is 19.8. The molecular weight excluding hydrogens is 408 g/mol. The van der Waals surface area contributed by atoms with E-state index in [1.54, 1.807) is 11.1 Å². The number of amides is 1. The molecule has 1 aromatic carbocycles. The van der Waals surface area contributed by atoms with E-state index in [0.29, 0.717) is 19.5 Å². The van der Waals surface area contributed by atoms with E-state index in [9.17, 15) is 23.3 Å². The van der Waals surface area contributed by atoms with E-state index in [4.69, 9.17) is 0 Å². The predicted octanol–water partition coefficient (Wildman–Crippen LogP) is 2.80. The van der Waals surface area contributed by atoms with E-state index in [1.807, 2.05) is 24.4 Å². The third-order valence-corrected chi connectivity index (χ3v) is 6.16. The van der Waals surface area contributed by atoms with Gasteiger partial charge in [-0.05, 0) is 30.2 Å². The van der Waals surface area contributed by atoms with Crippen molar-refractivity contribution in [2.24, 2.45) is 0 Å². The second kappa shape index (κ2) is 7.38. The number of nitro groups is 1. The Morgan fingerprint density at radius 2 is 2.10 bits per heavy atom. The number of carbonyl (C=O) groups is 1. The summed E-state index contributed by atoms with van der Waals surface area (Å²) in [6, 6.07) is 7.10. The van der Waals surface area contributed by atoms with Crippen molar-refractivity contribution >= 4 is 38.0 Å². The normalized spacial score (nSPS) is 14.6. The maximum Gasteiger partial charge on any atom is 0.271 e. The second-order valence-electron chi connectivity index (χ2n) is 7.08. The average molecular weight is 426 g/mol. The van der Waals surface area contributed by atoms with Gasteiger partial charge in [-0.2, -0.15) is 0 Å². The van der Waals surface area contributed by atoms with E-state index < -0.39 is 26.4 Å². The highest BCUT2D eigenvalue weighted by molar-refractivity contribution is 7.90. The highest BCUT2D eigenvalue weighted by Crippen LogP contribution is 2.29. The molecule has 154 valence electrons. The molecule has 1 aliphatic rings. The number of nitrogens with one attached hydrogen (secondary N) is 1. The van der Waals surface area contributed by atoms with Crippen LogP contribution in [0.4, 0.5) is 5.69 Å². The van der Waals surface area contributed by atoms with Crippen LogP contribution in [0.1, 0.15) is 22.3 Å². The van der Waals surface area contributed by atoms with Crippen LogP contribution in [0.2, 0.25) is 0 Å². The molecule has 10 heteroatoms. The number of fused-ring (bicyclic) bond motifs is 1. The number of pyridine rings is 1. The van der Waals surface area contributed by atoms with Gasteiger partial charge in [-0.1, -0.05) is 6.08 Å². The topological polar surface area (TPSA) is 126 Å². The lowest BCUT2D eigenvalue weighted by Gasteiger charge is -2.26. The number of non-ortho nitro benzene ring substituents is 1. The van der Waals surface area contributed by atoms with Gasteiger partial charge >= 0.3 is 0 Å². The van der Waals surface area contributed by atoms with E-state index in [-0.39, 0.29) is 10.5 Å². The molecule has 1 N–H and O–H groups in total. The average Bonchev–Trinajstić information content (AvgIpc) is 3.16. The molecule has 4 rings (SSSR count). The van der Waals surface area contributed by atoms with Crippen molar-refractivity contribution in [3.05, 3.63) is 70.0 Å². The summed E-state index contributed by atoms with van der Waals surface area (Å²) in [4.78, 5) is 32.1. The molecule has 0 unspecified atom stereocenters. The van der Waals surface area contributed by atoms with E-state index in [0.717, 1.165) is 40.6 Å². The Labute approximate surface area is 172 Å². The minimum absolute atomic E-state index is 0.0160. The largest absolute Gasteiger partial charge is 0.346 e. The first-order valence-corrected chi connectivity index (χ1v) is 11.0. The zero-order valence-electron chi connectivity index (χ0n) is 16.0. The van der Waals surface area contributed by atoms with Crippen molar-refractivity contribution in [3.63, 3.8) is 0 Å². The fourth-order valence-electron chi connectivity index (χ4n) is 3.53. The second-order valence-corrected chi connectivity index (χ2v) is 9.09. The SMILES string of the molecule is CS(=O)(=O)c1cc(C(=O)N2CC=C(c3c[nH]c4ncccc34)CC2)cc([N+](=O)[O-])c1. The molecule has 3 heterocycles. The summed E-state index contributed by atoms with van der Waals surface area (Å²) in [6.07, 6.45) is 7.08. The summed E-state index contributed by atoms with van der Waals surface area (Å²) in [5.74, 6) is -0.445. The van der Waals surface area contributed by atoms with Crippen LogP contribution in [0.3, 0.4) is 0 Å². The van der Waals surface area contributed by atoms with Gasteiger partial charge in [-0.15, -0.1) is 0 Å². The molecule has 0 saturated heterocycles. The predicted molar refractivity (Wildman–Crippen MR) is 111 cm³/mol. The maximum absolute atomic E-state index is 12.9. The molecular formula is C20H18N4O5S. The van der Waals surface area contributed by atoms with Crippen LogP contribution < -0.4 is 0 Å². The van der Waals surface area contributed by atoms with Gasteiger partial charge in [0.25, 0.3) is 11.6 Å².